The summed E-state index contributed by atoms with van der Waals surface area (Å²) in [7, 11) is 0. The second-order valence-corrected chi connectivity index (χ2v) is 6.13. The van der Waals surface area contributed by atoms with Gasteiger partial charge in [0.05, 0.1) is 0 Å². The molecule has 0 atom stereocenters. The highest BCUT2D eigenvalue weighted by atomic mass is 19.4. The van der Waals surface area contributed by atoms with Gasteiger partial charge in [0.15, 0.2) is 0 Å². The second-order valence-electron chi connectivity index (χ2n) is 6.13. The molecule has 1 spiro atoms. The zero-order valence-electron chi connectivity index (χ0n) is 12.7. The number of rotatable bonds is 2. The molecule has 1 aromatic heterocycles. The standard InChI is InChI=1S/C15H21F3N4/c1-2-22-9-3-5-14(22)6-10-21(11-7-14)13-19-8-4-12(20-13)15(16,17)18/h4,8H,2-3,5-7,9-11H2,1H3. The lowest BCUT2D eigenvalue weighted by atomic mass is 9.85. The number of hydrogen-bond donors (Lipinski definition) is 0. The molecule has 1 aromatic rings. The molecule has 2 fully saturated rings. The normalized spacial score (nSPS) is 22.5. The largest absolute Gasteiger partial charge is 0.433 e. The molecule has 122 valence electrons. The highest BCUT2D eigenvalue weighted by molar-refractivity contribution is 5.32. The van der Waals surface area contributed by atoms with Gasteiger partial charge >= 0.3 is 6.18 Å². The van der Waals surface area contributed by atoms with Gasteiger partial charge < -0.3 is 4.90 Å². The summed E-state index contributed by atoms with van der Waals surface area (Å²) in [6, 6.07) is 0.921. The Labute approximate surface area is 128 Å². The predicted octanol–water partition coefficient (Wildman–Crippen LogP) is 2.95. The number of hydrogen-bond acceptors (Lipinski definition) is 4. The molecule has 0 unspecified atom stereocenters. The van der Waals surface area contributed by atoms with E-state index >= 15 is 0 Å². The number of alkyl halides is 3. The maximum absolute atomic E-state index is 12.8. The van der Waals surface area contributed by atoms with E-state index in [1.165, 1.54) is 19.0 Å². The van der Waals surface area contributed by atoms with Crippen LogP contribution in [0.2, 0.25) is 0 Å². The first kappa shape index (κ1) is 15.5. The monoisotopic (exact) mass is 314 g/mol. The molecule has 2 aliphatic rings. The fraction of sp³-hybridized carbons (Fsp3) is 0.733. The van der Waals surface area contributed by atoms with Crippen molar-refractivity contribution in [2.45, 2.75) is 44.3 Å². The minimum atomic E-state index is -4.42. The molecule has 0 aliphatic carbocycles. The minimum Gasteiger partial charge on any atom is -0.341 e. The Kier molecular flexibility index (Phi) is 4.01. The Hall–Kier alpha value is -1.37. The van der Waals surface area contributed by atoms with E-state index in [0.29, 0.717) is 0 Å². The van der Waals surface area contributed by atoms with Crippen LogP contribution in [0.25, 0.3) is 0 Å². The number of anilines is 1. The summed E-state index contributed by atoms with van der Waals surface area (Å²) < 4.78 is 38.3. The predicted molar refractivity (Wildman–Crippen MR) is 77.7 cm³/mol. The summed E-state index contributed by atoms with van der Waals surface area (Å²) in [5, 5.41) is 0. The molecule has 0 aromatic carbocycles. The molecule has 0 radical (unpaired) electrons. The minimum absolute atomic E-state index is 0.200. The van der Waals surface area contributed by atoms with Crippen molar-refractivity contribution in [2.24, 2.45) is 0 Å². The number of piperidine rings is 1. The van der Waals surface area contributed by atoms with Gasteiger partial charge in [0.2, 0.25) is 5.95 Å². The molecule has 4 nitrogen and oxygen atoms in total. The number of halogens is 3. The molecule has 0 bridgehead atoms. The van der Waals surface area contributed by atoms with Gasteiger partial charge in [0.1, 0.15) is 5.69 Å². The molecular formula is C15H21F3N4. The van der Waals surface area contributed by atoms with E-state index in [1.54, 1.807) is 0 Å². The first-order valence-electron chi connectivity index (χ1n) is 7.85. The summed E-state index contributed by atoms with van der Waals surface area (Å²) in [6.07, 6.45) is 1.13. The molecule has 22 heavy (non-hydrogen) atoms. The van der Waals surface area contributed by atoms with Crippen molar-refractivity contribution in [3.63, 3.8) is 0 Å². The van der Waals surface area contributed by atoms with Crippen LogP contribution in [0.5, 0.6) is 0 Å². The van der Waals surface area contributed by atoms with Crippen molar-refractivity contribution in [1.82, 2.24) is 14.9 Å². The molecule has 3 rings (SSSR count). The van der Waals surface area contributed by atoms with Crippen LogP contribution in [0.4, 0.5) is 19.1 Å². The van der Waals surface area contributed by atoms with Crippen LogP contribution in [0.15, 0.2) is 12.3 Å². The van der Waals surface area contributed by atoms with E-state index in [-0.39, 0.29) is 11.5 Å². The Morgan fingerprint density at radius 3 is 2.55 bits per heavy atom. The van der Waals surface area contributed by atoms with E-state index < -0.39 is 11.9 Å². The zero-order chi connectivity index (χ0) is 15.8. The Bertz CT molecular complexity index is 524. The summed E-state index contributed by atoms with van der Waals surface area (Å²) in [4.78, 5) is 12.1. The van der Waals surface area contributed by atoms with E-state index in [4.69, 9.17) is 0 Å². The molecule has 0 N–H and O–H groups in total. The first-order chi connectivity index (χ1) is 10.4. The third-order valence-corrected chi connectivity index (χ3v) is 5.03. The molecule has 7 heteroatoms. The lowest BCUT2D eigenvalue weighted by Crippen LogP contribution is -2.52. The molecule has 0 saturated carbocycles. The van der Waals surface area contributed by atoms with Crippen LogP contribution >= 0.6 is 0 Å². The molecule has 2 aliphatic heterocycles. The first-order valence-corrected chi connectivity index (χ1v) is 7.85. The number of nitrogens with zero attached hydrogens (tertiary/aromatic N) is 4. The SMILES string of the molecule is CCN1CCCC12CCN(c1nccc(C(F)(F)F)n1)CC2. The lowest BCUT2D eigenvalue weighted by molar-refractivity contribution is -0.141. The van der Waals surface area contributed by atoms with E-state index in [2.05, 4.69) is 21.8 Å². The maximum atomic E-state index is 12.8. The van der Waals surface area contributed by atoms with E-state index in [9.17, 15) is 13.2 Å². The van der Waals surface area contributed by atoms with Crippen molar-refractivity contribution in [1.29, 1.82) is 0 Å². The maximum Gasteiger partial charge on any atom is 0.433 e. The van der Waals surface area contributed by atoms with Crippen molar-refractivity contribution >= 4 is 5.95 Å². The molecular weight excluding hydrogens is 293 g/mol. The topological polar surface area (TPSA) is 32.3 Å². The Morgan fingerprint density at radius 2 is 1.91 bits per heavy atom. The van der Waals surface area contributed by atoms with Gasteiger partial charge in [0.25, 0.3) is 0 Å². The quantitative estimate of drug-likeness (QED) is 0.840. The van der Waals surface area contributed by atoms with E-state index in [1.807, 2.05) is 4.90 Å². The van der Waals surface area contributed by atoms with Gasteiger partial charge in [-0.3, -0.25) is 4.90 Å². The zero-order valence-corrected chi connectivity index (χ0v) is 12.7. The highest BCUT2D eigenvalue weighted by Gasteiger charge is 2.42. The fourth-order valence-electron chi connectivity index (χ4n) is 3.84. The van der Waals surface area contributed by atoms with Gasteiger partial charge in [-0.05, 0) is 44.8 Å². The van der Waals surface area contributed by atoms with Gasteiger partial charge in [-0.15, -0.1) is 0 Å². The Balaban J connectivity index is 1.72. The van der Waals surface area contributed by atoms with Crippen LogP contribution in [-0.2, 0) is 6.18 Å². The smallest absolute Gasteiger partial charge is 0.341 e. The van der Waals surface area contributed by atoms with Crippen LogP contribution in [0.1, 0.15) is 38.3 Å². The van der Waals surface area contributed by atoms with Crippen molar-refractivity contribution in [3.05, 3.63) is 18.0 Å². The van der Waals surface area contributed by atoms with Crippen LogP contribution < -0.4 is 4.90 Å². The third kappa shape index (κ3) is 2.78. The van der Waals surface area contributed by atoms with Crippen molar-refractivity contribution in [3.8, 4) is 0 Å². The third-order valence-electron chi connectivity index (χ3n) is 5.03. The number of likely N-dealkylation sites (tertiary alicyclic amines) is 1. The lowest BCUT2D eigenvalue weighted by Gasteiger charge is -2.44. The average molecular weight is 314 g/mol. The summed E-state index contributed by atoms with van der Waals surface area (Å²) in [5.74, 6) is 0.200. The fourth-order valence-corrected chi connectivity index (χ4v) is 3.84. The van der Waals surface area contributed by atoms with Crippen molar-refractivity contribution in [2.75, 3.05) is 31.1 Å². The highest BCUT2D eigenvalue weighted by Crippen LogP contribution is 2.39. The molecule has 2 saturated heterocycles. The second kappa shape index (κ2) is 5.68. The van der Waals surface area contributed by atoms with Crippen molar-refractivity contribution < 1.29 is 13.2 Å². The summed E-state index contributed by atoms with van der Waals surface area (Å²) in [6.45, 7) is 5.79. The van der Waals surface area contributed by atoms with Crippen LogP contribution in [-0.4, -0.2) is 46.6 Å². The van der Waals surface area contributed by atoms with Gasteiger partial charge in [-0.25, -0.2) is 9.97 Å². The van der Waals surface area contributed by atoms with Gasteiger partial charge in [0, 0.05) is 24.8 Å². The Morgan fingerprint density at radius 1 is 1.18 bits per heavy atom. The number of aromatic nitrogens is 2. The summed E-state index contributed by atoms with van der Waals surface area (Å²) >= 11 is 0. The van der Waals surface area contributed by atoms with Crippen LogP contribution in [0, 0.1) is 0 Å². The van der Waals surface area contributed by atoms with Crippen LogP contribution in [0.3, 0.4) is 0 Å². The average Bonchev–Trinajstić information content (AvgIpc) is 2.90. The van der Waals surface area contributed by atoms with Gasteiger partial charge in [-0.1, -0.05) is 6.92 Å². The van der Waals surface area contributed by atoms with Gasteiger partial charge in [-0.2, -0.15) is 13.2 Å². The summed E-state index contributed by atoms with van der Waals surface area (Å²) in [5.41, 5.74) is -0.624. The molecule has 3 heterocycles. The molecule has 0 amide bonds. The van der Waals surface area contributed by atoms with E-state index in [0.717, 1.165) is 45.1 Å².